The largest absolute Gasteiger partial charge is 0.480 e. The summed E-state index contributed by atoms with van der Waals surface area (Å²) in [6.07, 6.45) is 0.709. The van der Waals surface area contributed by atoms with Crippen LogP contribution in [0.3, 0.4) is 0 Å². The van der Waals surface area contributed by atoms with Crippen molar-refractivity contribution in [3.63, 3.8) is 0 Å². The molecule has 2 amide bonds. The second kappa shape index (κ2) is 5.40. The lowest BCUT2D eigenvalue weighted by Gasteiger charge is -2.19. The standard InChI is InChI=1S/C8H16N2O3/c1-4-5(2)6(7(11)12)10-8(13)9-3/h5-6H,4H2,1-3H3,(H,11,12)(H2,9,10,13)/t5?,6-/m0/s1. The predicted octanol–water partition coefficient (Wildman–Crippen LogP) is 0.415. The van der Waals surface area contributed by atoms with Crippen molar-refractivity contribution in [2.24, 2.45) is 5.92 Å². The van der Waals surface area contributed by atoms with Gasteiger partial charge in [0.05, 0.1) is 0 Å². The molecule has 1 unspecified atom stereocenters. The number of urea groups is 1. The van der Waals surface area contributed by atoms with E-state index in [0.29, 0.717) is 6.42 Å². The lowest BCUT2D eigenvalue weighted by molar-refractivity contribution is -0.140. The summed E-state index contributed by atoms with van der Waals surface area (Å²) in [6, 6.07) is -1.28. The number of aliphatic carboxylic acids is 1. The summed E-state index contributed by atoms with van der Waals surface area (Å²) < 4.78 is 0. The molecule has 0 spiro atoms. The zero-order chi connectivity index (χ0) is 10.4. The van der Waals surface area contributed by atoms with Crippen molar-refractivity contribution < 1.29 is 14.7 Å². The molecule has 3 N–H and O–H groups in total. The predicted molar refractivity (Wildman–Crippen MR) is 48.5 cm³/mol. The van der Waals surface area contributed by atoms with E-state index in [9.17, 15) is 9.59 Å². The molecule has 0 rings (SSSR count). The van der Waals surface area contributed by atoms with Crippen LogP contribution in [0, 0.1) is 5.92 Å². The molecule has 0 fully saturated rings. The fourth-order valence-electron chi connectivity index (χ4n) is 0.896. The fourth-order valence-corrected chi connectivity index (χ4v) is 0.896. The first-order valence-electron chi connectivity index (χ1n) is 4.24. The summed E-state index contributed by atoms with van der Waals surface area (Å²) in [5, 5.41) is 13.5. The van der Waals surface area contributed by atoms with E-state index in [4.69, 9.17) is 5.11 Å². The monoisotopic (exact) mass is 188 g/mol. The number of amides is 2. The minimum Gasteiger partial charge on any atom is -0.480 e. The van der Waals surface area contributed by atoms with Gasteiger partial charge in [-0.05, 0) is 5.92 Å². The normalized spacial score (nSPS) is 14.4. The summed E-state index contributed by atoms with van der Waals surface area (Å²) in [5.74, 6) is -1.08. The third-order valence-corrected chi connectivity index (χ3v) is 1.99. The van der Waals surface area contributed by atoms with Crippen molar-refractivity contribution in [1.82, 2.24) is 10.6 Å². The minimum absolute atomic E-state index is 0.0743. The molecule has 0 saturated heterocycles. The van der Waals surface area contributed by atoms with Gasteiger partial charge in [0.2, 0.25) is 0 Å². The molecule has 13 heavy (non-hydrogen) atoms. The number of hydrogen-bond acceptors (Lipinski definition) is 2. The molecule has 0 heterocycles. The van der Waals surface area contributed by atoms with E-state index < -0.39 is 18.0 Å². The molecule has 5 heteroatoms. The van der Waals surface area contributed by atoms with Crippen LogP contribution in [0.2, 0.25) is 0 Å². The smallest absolute Gasteiger partial charge is 0.326 e. The Labute approximate surface area is 77.5 Å². The van der Waals surface area contributed by atoms with Crippen LogP contribution < -0.4 is 10.6 Å². The fraction of sp³-hybridized carbons (Fsp3) is 0.750. The molecule has 76 valence electrons. The van der Waals surface area contributed by atoms with E-state index in [1.165, 1.54) is 7.05 Å². The van der Waals surface area contributed by atoms with Gasteiger partial charge in [-0.2, -0.15) is 0 Å². The number of carbonyl (C=O) groups is 2. The third-order valence-electron chi connectivity index (χ3n) is 1.99. The Kier molecular flexibility index (Phi) is 4.87. The van der Waals surface area contributed by atoms with E-state index >= 15 is 0 Å². The number of rotatable bonds is 4. The summed E-state index contributed by atoms with van der Waals surface area (Å²) in [6.45, 7) is 3.67. The van der Waals surface area contributed by atoms with Gasteiger partial charge in [-0.25, -0.2) is 9.59 Å². The Morgan fingerprint density at radius 3 is 2.31 bits per heavy atom. The highest BCUT2D eigenvalue weighted by atomic mass is 16.4. The average molecular weight is 188 g/mol. The van der Waals surface area contributed by atoms with Gasteiger partial charge in [-0.1, -0.05) is 20.3 Å². The van der Waals surface area contributed by atoms with Gasteiger partial charge in [0.1, 0.15) is 6.04 Å². The molecular weight excluding hydrogens is 172 g/mol. The molecule has 5 nitrogen and oxygen atoms in total. The SMILES string of the molecule is CCC(C)[C@H](NC(=O)NC)C(=O)O. The van der Waals surface area contributed by atoms with Crippen LogP contribution in [0.15, 0.2) is 0 Å². The molecule has 0 aromatic carbocycles. The summed E-state index contributed by atoms with van der Waals surface area (Å²) in [4.78, 5) is 21.6. The van der Waals surface area contributed by atoms with Crippen LogP contribution in [0.1, 0.15) is 20.3 Å². The van der Waals surface area contributed by atoms with Crippen molar-refractivity contribution in [1.29, 1.82) is 0 Å². The van der Waals surface area contributed by atoms with Gasteiger partial charge in [-0.15, -0.1) is 0 Å². The van der Waals surface area contributed by atoms with Crippen molar-refractivity contribution >= 4 is 12.0 Å². The number of carbonyl (C=O) groups excluding carboxylic acids is 1. The maximum atomic E-state index is 10.9. The maximum Gasteiger partial charge on any atom is 0.326 e. The number of nitrogens with one attached hydrogen (secondary N) is 2. The topological polar surface area (TPSA) is 78.4 Å². The molecule has 0 radical (unpaired) electrons. The summed E-state index contributed by atoms with van der Waals surface area (Å²) in [7, 11) is 1.45. The van der Waals surface area contributed by atoms with Gasteiger partial charge in [-0.3, -0.25) is 0 Å². The quantitative estimate of drug-likeness (QED) is 0.598. The number of carboxylic acids is 1. The first kappa shape index (κ1) is 11.7. The Bertz CT molecular complexity index is 194. The zero-order valence-corrected chi connectivity index (χ0v) is 8.13. The Balaban J connectivity index is 4.26. The second-order valence-electron chi connectivity index (χ2n) is 2.92. The van der Waals surface area contributed by atoms with Crippen LogP contribution in [-0.2, 0) is 4.79 Å². The van der Waals surface area contributed by atoms with E-state index in [1.807, 2.05) is 6.92 Å². The van der Waals surface area contributed by atoms with Gasteiger partial charge in [0.15, 0.2) is 0 Å². The van der Waals surface area contributed by atoms with Gasteiger partial charge < -0.3 is 15.7 Å². The number of hydrogen-bond donors (Lipinski definition) is 3. The number of carboxylic acid groups (broad SMARTS) is 1. The average Bonchev–Trinajstić information content (AvgIpc) is 2.11. The Morgan fingerprint density at radius 1 is 1.46 bits per heavy atom. The van der Waals surface area contributed by atoms with Crippen molar-refractivity contribution in [2.45, 2.75) is 26.3 Å². The van der Waals surface area contributed by atoms with Crippen molar-refractivity contribution in [3.05, 3.63) is 0 Å². The van der Waals surface area contributed by atoms with Crippen LogP contribution in [0.5, 0.6) is 0 Å². The van der Waals surface area contributed by atoms with E-state index in [1.54, 1.807) is 6.92 Å². The molecule has 2 atom stereocenters. The summed E-state index contributed by atoms with van der Waals surface area (Å²) in [5.41, 5.74) is 0. The van der Waals surface area contributed by atoms with Crippen molar-refractivity contribution in [2.75, 3.05) is 7.05 Å². The first-order chi connectivity index (χ1) is 6.02. The molecule has 0 aromatic heterocycles. The van der Waals surface area contributed by atoms with Gasteiger partial charge in [0, 0.05) is 7.05 Å². The Morgan fingerprint density at radius 2 is 2.00 bits per heavy atom. The van der Waals surface area contributed by atoms with Crippen LogP contribution >= 0.6 is 0 Å². The highest BCUT2D eigenvalue weighted by Crippen LogP contribution is 2.07. The highest BCUT2D eigenvalue weighted by Gasteiger charge is 2.24. The molecule has 0 aliphatic rings. The lowest BCUT2D eigenvalue weighted by atomic mass is 10.00. The van der Waals surface area contributed by atoms with E-state index in [-0.39, 0.29) is 5.92 Å². The molecule has 0 aliphatic carbocycles. The van der Waals surface area contributed by atoms with E-state index in [2.05, 4.69) is 10.6 Å². The third kappa shape index (κ3) is 3.78. The minimum atomic E-state index is -1.00. The van der Waals surface area contributed by atoms with Crippen molar-refractivity contribution in [3.8, 4) is 0 Å². The van der Waals surface area contributed by atoms with Gasteiger partial charge in [0.25, 0.3) is 0 Å². The molecule has 0 aromatic rings. The molecule has 0 aliphatic heterocycles. The van der Waals surface area contributed by atoms with E-state index in [0.717, 1.165) is 0 Å². The van der Waals surface area contributed by atoms with Crippen LogP contribution in [0.25, 0.3) is 0 Å². The lowest BCUT2D eigenvalue weighted by Crippen LogP contribution is -2.48. The zero-order valence-electron chi connectivity index (χ0n) is 8.13. The first-order valence-corrected chi connectivity index (χ1v) is 4.24. The maximum absolute atomic E-state index is 10.9. The molecule has 0 saturated carbocycles. The highest BCUT2D eigenvalue weighted by molar-refractivity contribution is 5.82. The molecular formula is C8H16N2O3. The summed E-state index contributed by atoms with van der Waals surface area (Å²) >= 11 is 0. The van der Waals surface area contributed by atoms with Crippen LogP contribution in [-0.4, -0.2) is 30.2 Å². The van der Waals surface area contributed by atoms with Crippen LogP contribution in [0.4, 0.5) is 4.79 Å². The second-order valence-corrected chi connectivity index (χ2v) is 2.92. The molecule has 0 bridgehead atoms. The Hall–Kier alpha value is -1.26. The van der Waals surface area contributed by atoms with Gasteiger partial charge >= 0.3 is 12.0 Å².